The van der Waals surface area contributed by atoms with Crippen molar-refractivity contribution in [2.24, 2.45) is 13.0 Å². The van der Waals surface area contributed by atoms with Crippen LogP contribution in [0.3, 0.4) is 0 Å². The highest BCUT2D eigenvalue weighted by atomic mass is 15.6. The zero-order valence-corrected chi connectivity index (χ0v) is 7.78. The fourth-order valence-corrected chi connectivity index (χ4v) is 1.14. The van der Waals surface area contributed by atoms with Gasteiger partial charge in [0.15, 0.2) is 5.82 Å². The quantitative estimate of drug-likeness (QED) is 0.667. The molecule has 0 aliphatic carbocycles. The van der Waals surface area contributed by atoms with Gasteiger partial charge in [-0.15, -0.1) is 10.2 Å². The summed E-state index contributed by atoms with van der Waals surface area (Å²) in [6.45, 7) is 3.14. The molecule has 5 heteroatoms. The molecule has 0 bridgehead atoms. The first-order valence-corrected chi connectivity index (χ1v) is 4.10. The monoisotopic (exact) mass is 169 g/mol. The van der Waals surface area contributed by atoms with Gasteiger partial charge in [0.05, 0.1) is 7.05 Å². The maximum atomic E-state index is 4.10. The predicted molar refractivity (Wildman–Crippen MR) is 45.6 cm³/mol. The molecular weight excluding hydrogens is 154 g/mol. The van der Waals surface area contributed by atoms with Gasteiger partial charge in [0, 0.05) is 6.42 Å². The Balaban J connectivity index is 2.41. The third-order valence-electron chi connectivity index (χ3n) is 1.63. The summed E-state index contributed by atoms with van der Waals surface area (Å²) in [5.41, 5.74) is 0. The molecule has 0 amide bonds. The van der Waals surface area contributed by atoms with Crippen LogP contribution in [0.2, 0.25) is 0 Å². The highest BCUT2D eigenvalue weighted by Gasteiger charge is 2.06. The zero-order chi connectivity index (χ0) is 8.97. The van der Waals surface area contributed by atoms with Gasteiger partial charge in [-0.05, 0) is 24.7 Å². The average molecular weight is 169 g/mol. The van der Waals surface area contributed by atoms with Crippen LogP contribution >= 0.6 is 0 Å². The molecule has 1 rings (SSSR count). The Bertz CT molecular complexity index is 231. The lowest BCUT2D eigenvalue weighted by molar-refractivity contribution is 0.526. The highest BCUT2D eigenvalue weighted by Crippen LogP contribution is 2.00. The van der Waals surface area contributed by atoms with Crippen molar-refractivity contribution >= 4 is 0 Å². The second kappa shape index (κ2) is 4.15. The maximum Gasteiger partial charge on any atom is 0.175 e. The Hall–Kier alpha value is -0.970. The van der Waals surface area contributed by atoms with Crippen LogP contribution in [0.1, 0.15) is 12.7 Å². The molecule has 0 fully saturated rings. The van der Waals surface area contributed by atoms with E-state index in [0.29, 0.717) is 5.92 Å². The number of hydrogen-bond acceptors (Lipinski definition) is 4. The summed E-state index contributed by atoms with van der Waals surface area (Å²) in [5, 5.41) is 14.9. The summed E-state index contributed by atoms with van der Waals surface area (Å²) >= 11 is 0. The fourth-order valence-electron chi connectivity index (χ4n) is 1.14. The summed E-state index contributed by atoms with van der Waals surface area (Å²) in [6, 6.07) is 0. The molecule has 0 aromatic carbocycles. The predicted octanol–water partition coefficient (Wildman–Crippen LogP) is -0.392. The molecule has 68 valence electrons. The second-order valence-corrected chi connectivity index (χ2v) is 3.06. The minimum Gasteiger partial charge on any atom is -0.319 e. The van der Waals surface area contributed by atoms with Crippen LogP contribution in [0.15, 0.2) is 0 Å². The number of tetrazole rings is 1. The summed E-state index contributed by atoms with van der Waals surface area (Å²) in [5.74, 6) is 1.37. The molecule has 0 aliphatic heterocycles. The van der Waals surface area contributed by atoms with Crippen LogP contribution in [0, 0.1) is 5.92 Å². The summed E-state index contributed by atoms with van der Waals surface area (Å²) in [6.07, 6.45) is 0.884. The second-order valence-electron chi connectivity index (χ2n) is 3.06. The van der Waals surface area contributed by atoms with Crippen molar-refractivity contribution in [1.82, 2.24) is 25.5 Å². The lowest BCUT2D eigenvalue weighted by Crippen LogP contribution is -2.18. The normalized spacial score (nSPS) is 13.2. The van der Waals surface area contributed by atoms with Gasteiger partial charge in [0.1, 0.15) is 0 Å². The first-order valence-electron chi connectivity index (χ1n) is 4.10. The Morgan fingerprint density at radius 1 is 1.58 bits per heavy atom. The van der Waals surface area contributed by atoms with E-state index in [1.807, 2.05) is 7.05 Å². The van der Waals surface area contributed by atoms with E-state index in [2.05, 4.69) is 27.7 Å². The first-order chi connectivity index (χ1) is 5.72. The Labute approximate surface area is 72.2 Å². The molecule has 1 unspecified atom stereocenters. The van der Waals surface area contributed by atoms with Crippen molar-refractivity contribution in [3.05, 3.63) is 5.82 Å². The molecule has 0 saturated heterocycles. The Morgan fingerprint density at radius 3 is 2.83 bits per heavy atom. The summed E-state index contributed by atoms with van der Waals surface area (Å²) < 4.78 is 0. The topological polar surface area (TPSA) is 55.6 Å². The van der Waals surface area contributed by atoms with Crippen molar-refractivity contribution in [3.8, 4) is 0 Å². The Kier molecular flexibility index (Phi) is 3.16. The average Bonchev–Trinajstić information content (AvgIpc) is 2.36. The third kappa shape index (κ3) is 2.58. The van der Waals surface area contributed by atoms with Crippen LogP contribution < -0.4 is 5.32 Å². The van der Waals surface area contributed by atoms with Gasteiger partial charge in [0.2, 0.25) is 0 Å². The number of nitrogens with zero attached hydrogens (tertiary/aromatic N) is 4. The lowest BCUT2D eigenvalue weighted by Gasteiger charge is -2.05. The van der Waals surface area contributed by atoms with Crippen LogP contribution in [0.25, 0.3) is 0 Å². The molecule has 1 heterocycles. The molecular formula is C7H15N5. The smallest absolute Gasteiger partial charge is 0.175 e. The van der Waals surface area contributed by atoms with Gasteiger partial charge in [-0.3, -0.25) is 0 Å². The number of aryl methyl sites for hydroxylation is 1. The van der Waals surface area contributed by atoms with Gasteiger partial charge in [-0.2, -0.15) is 4.80 Å². The molecule has 1 atom stereocenters. The SMILES string of the molecule is CNCC(C)Cc1nnn(C)n1. The number of nitrogens with one attached hydrogen (secondary N) is 1. The minimum absolute atomic E-state index is 0.555. The van der Waals surface area contributed by atoms with E-state index in [9.17, 15) is 0 Å². The van der Waals surface area contributed by atoms with Crippen molar-refractivity contribution in [2.75, 3.05) is 13.6 Å². The molecule has 0 aliphatic rings. The Morgan fingerprint density at radius 2 is 2.33 bits per heavy atom. The van der Waals surface area contributed by atoms with Gasteiger partial charge in [-0.25, -0.2) is 0 Å². The molecule has 1 N–H and O–H groups in total. The van der Waals surface area contributed by atoms with E-state index < -0.39 is 0 Å². The van der Waals surface area contributed by atoms with Crippen LogP contribution in [0.5, 0.6) is 0 Å². The molecule has 12 heavy (non-hydrogen) atoms. The van der Waals surface area contributed by atoms with Crippen molar-refractivity contribution < 1.29 is 0 Å². The third-order valence-corrected chi connectivity index (χ3v) is 1.63. The van der Waals surface area contributed by atoms with Gasteiger partial charge in [-0.1, -0.05) is 6.92 Å². The molecule has 1 aromatic heterocycles. The number of hydrogen-bond donors (Lipinski definition) is 1. The van der Waals surface area contributed by atoms with Gasteiger partial charge < -0.3 is 5.32 Å². The van der Waals surface area contributed by atoms with E-state index in [1.54, 1.807) is 7.05 Å². The van der Waals surface area contributed by atoms with Crippen LogP contribution in [-0.2, 0) is 13.5 Å². The number of rotatable bonds is 4. The van der Waals surface area contributed by atoms with Gasteiger partial charge in [0.25, 0.3) is 0 Å². The summed E-state index contributed by atoms with van der Waals surface area (Å²) in [7, 11) is 3.72. The molecule has 0 radical (unpaired) electrons. The van der Waals surface area contributed by atoms with E-state index >= 15 is 0 Å². The summed E-state index contributed by atoms with van der Waals surface area (Å²) in [4.78, 5) is 1.49. The van der Waals surface area contributed by atoms with E-state index in [4.69, 9.17) is 0 Å². The molecule has 5 nitrogen and oxygen atoms in total. The molecule has 0 saturated carbocycles. The van der Waals surface area contributed by atoms with E-state index in [0.717, 1.165) is 18.8 Å². The maximum absolute atomic E-state index is 4.10. The van der Waals surface area contributed by atoms with E-state index in [-0.39, 0.29) is 0 Å². The largest absolute Gasteiger partial charge is 0.319 e. The minimum atomic E-state index is 0.555. The van der Waals surface area contributed by atoms with E-state index in [1.165, 1.54) is 4.80 Å². The fraction of sp³-hybridized carbons (Fsp3) is 0.857. The van der Waals surface area contributed by atoms with Crippen molar-refractivity contribution in [2.45, 2.75) is 13.3 Å². The molecule has 1 aromatic rings. The van der Waals surface area contributed by atoms with Crippen molar-refractivity contribution in [3.63, 3.8) is 0 Å². The van der Waals surface area contributed by atoms with Gasteiger partial charge >= 0.3 is 0 Å². The number of aromatic nitrogens is 4. The zero-order valence-electron chi connectivity index (χ0n) is 7.78. The first kappa shape index (κ1) is 9.12. The standard InChI is InChI=1S/C7H15N5/c1-6(5-8-2)4-7-9-11-12(3)10-7/h6,8H,4-5H2,1-3H3. The highest BCUT2D eigenvalue weighted by molar-refractivity contribution is 4.79. The van der Waals surface area contributed by atoms with Crippen LogP contribution in [-0.4, -0.2) is 33.8 Å². The lowest BCUT2D eigenvalue weighted by atomic mass is 10.1. The van der Waals surface area contributed by atoms with Crippen LogP contribution in [0.4, 0.5) is 0 Å². The molecule has 0 spiro atoms. The van der Waals surface area contributed by atoms with Crippen molar-refractivity contribution in [1.29, 1.82) is 0 Å².